The molecule has 0 unspecified atom stereocenters. The Balaban J connectivity index is 1.37. The van der Waals surface area contributed by atoms with E-state index in [0.717, 1.165) is 38.5 Å². The van der Waals surface area contributed by atoms with E-state index in [1.807, 2.05) is 6.07 Å². The molecular formula is C26H29ClN2O5. The second-order valence-corrected chi connectivity index (χ2v) is 8.80. The van der Waals surface area contributed by atoms with Crippen LogP contribution in [0.1, 0.15) is 67.3 Å². The summed E-state index contributed by atoms with van der Waals surface area (Å²) in [6.07, 6.45) is 5.77. The van der Waals surface area contributed by atoms with Crippen LogP contribution in [0.2, 0.25) is 5.02 Å². The quantitative estimate of drug-likeness (QED) is 0.416. The Kier molecular flexibility index (Phi) is 9.60. The van der Waals surface area contributed by atoms with Crippen molar-refractivity contribution in [3.63, 3.8) is 0 Å². The lowest BCUT2D eigenvalue weighted by Crippen LogP contribution is -2.39. The first kappa shape index (κ1) is 25.4. The van der Waals surface area contributed by atoms with Crippen LogP contribution >= 0.6 is 11.6 Å². The smallest absolute Gasteiger partial charge is 0.303 e. The van der Waals surface area contributed by atoms with E-state index in [2.05, 4.69) is 5.32 Å². The molecule has 1 saturated carbocycles. The van der Waals surface area contributed by atoms with Gasteiger partial charge in [0.2, 0.25) is 0 Å². The number of nitriles is 1. The van der Waals surface area contributed by atoms with Gasteiger partial charge in [-0.1, -0.05) is 11.6 Å². The monoisotopic (exact) mass is 484 g/mol. The van der Waals surface area contributed by atoms with E-state index in [1.54, 1.807) is 42.5 Å². The van der Waals surface area contributed by atoms with Crippen molar-refractivity contribution in [2.45, 2.75) is 63.5 Å². The van der Waals surface area contributed by atoms with Crippen LogP contribution in [-0.4, -0.2) is 35.7 Å². The molecule has 2 aromatic rings. The summed E-state index contributed by atoms with van der Waals surface area (Å²) in [6, 6.07) is 14.3. The van der Waals surface area contributed by atoms with Gasteiger partial charge in [0.25, 0.3) is 5.91 Å². The number of benzene rings is 2. The molecule has 3 rings (SSSR count). The first-order valence-electron chi connectivity index (χ1n) is 11.6. The zero-order chi connectivity index (χ0) is 24.3. The minimum Gasteiger partial charge on any atom is -0.494 e. The highest BCUT2D eigenvalue weighted by atomic mass is 35.5. The number of hydrogen-bond donors (Lipinski definition) is 2. The molecule has 0 aliphatic heterocycles. The van der Waals surface area contributed by atoms with Gasteiger partial charge in [0.1, 0.15) is 17.6 Å². The molecule has 2 aromatic carbocycles. The average Bonchev–Trinajstić information content (AvgIpc) is 2.83. The van der Waals surface area contributed by atoms with Crippen molar-refractivity contribution in [3.8, 4) is 17.6 Å². The summed E-state index contributed by atoms with van der Waals surface area (Å²) in [4.78, 5) is 23.1. The van der Waals surface area contributed by atoms with Crippen molar-refractivity contribution in [1.82, 2.24) is 5.32 Å². The summed E-state index contributed by atoms with van der Waals surface area (Å²) in [5.74, 6) is 0.461. The highest BCUT2D eigenvalue weighted by Crippen LogP contribution is 2.27. The number of carboxylic acids is 1. The number of aliphatic carboxylic acids is 1. The van der Waals surface area contributed by atoms with Crippen molar-refractivity contribution in [2.24, 2.45) is 0 Å². The maximum absolute atomic E-state index is 12.6. The van der Waals surface area contributed by atoms with Crippen LogP contribution in [0.25, 0.3) is 0 Å². The van der Waals surface area contributed by atoms with Crippen LogP contribution < -0.4 is 14.8 Å². The number of carbonyl (C=O) groups excluding carboxylic acids is 1. The van der Waals surface area contributed by atoms with E-state index in [4.69, 9.17) is 31.4 Å². The standard InChI is InChI=1S/C26H29ClN2O5/c27-24-16-23(12-7-19(24)17-28)34-22-13-8-20(9-14-22)29-26(32)18-5-10-21(11-6-18)33-15-3-1-2-4-25(30)31/h5-7,10-12,16,20,22H,1-4,8-9,13-15H2,(H,29,32)(H,30,31)/t20-,22-. The number of rotatable bonds is 11. The highest BCUT2D eigenvalue weighted by molar-refractivity contribution is 6.31. The van der Waals surface area contributed by atoms with E-state index >= 15 is 0 Å². The summed E-state index contributed by atoms with van der Waals surface area (Å²) >= 11 is 6.07. The molecule has 8 heteroatoms. The van der Waals surface area contributed by atoms with Gasteiger partial charge in [-0.05, 0) is 81.3 Å². The predicted octanol–water partition coefficient (Wildman–Crippen LogP) is 5.36. The van der Waals surface area contributed by atoms with Gasteiger partial charge in [0, 0.05) is 24.1 Å². The zero-order valence-electron chi connectivity index (χ0n) is 19.0. The molecule has 1 amide bonds. The van der Waals surface area contributed by atoms with Gasteiger partial charge >= 0.3 is 5.97 Å². The summed E-state index contributed by atoms with van der Waals surface area (Å²) in [7, 11) is 0. The summed E-state index contributed by atoms with van der Waals surface area (Å²) in [5, 5.41) is 21.1. The molecule has 0 spiro atoms. The van der Waals surface area contributed by atoms with Crippen LogP contribution in [0, 0.1) is 11.3 Å². The maximum Gasteiger partial charge on any atom is 0.303 e. The number of nitrogens with one attached hydrogen (secondary N) is 1. The van der Waals surface area contributed by atoms with Crippen molar-refractivity contribution < 1.29 is 24.2 Å². The summed E-state index contributed by atoms with van der Waals surface area (Å²) in [5.41, 5.74) is 1.01. The van der Waals surface area contributed by atoms with E-state index in [0.29, 0.717) is 40.7 Å². The number of halogens is 1. The Morgan fingerprint density at radius 1 is 1.03 bits per heavy atom. The van der Waals surface area contributed by atoms with Crippen molar-refractivity contribution in [2.75, 3.05) is 6.61 Å². The zero-order valence-corrected chi connectivity index (χ0v) is 19.7. The van der Waals surface area contributed by atoms with Gasteiger partial charge in [0.05, 0.1) is 23.3 Å². The van der Waals surface area contributed by atoms with Crippen molar-refractivity contribution >= 4 is 23.5 Å². The molecule has 1 aliphatic carbocycles. The van der Waals surface area contributed by atoms with E-state index < -0.39 is 5.97 Å². The Morgan fingerprint density at radius 2 is 1.74 bits per heavy atom. The number of carboxylic acid groups (broad SMARTS) is 1. The second-order valence-electron chi connectivity index (χ2n) is 8.40. The van der Waals surface area contributed by atoms with Crippen LogP contribution in [0.5, 0.6) is 11.5 Å². The fraction of sp³-hybridized carbons (Fsp3) is 0.423. The molecule has 1 fully saturated rings. The predicted molar refractivity (Wildman–Crippen MR) is 128 cm³/mol. The molecule has 0 radical (unpaired) electrons. The Morgan fingerprint density at radius 3 is 2.38 bits per heavy atom. The first-order chi connectivity index (χ1) is 16.4. The molecule has 180 valence electrons. The molecule has 7 nitrogen and oxygen atoms in total. The number of hydrogen-bond acceptors (Lipinski definition) is 5. The molecular weight excluding hydrogens is 456 g/mol. The third-order valence-corrected chi connectivity index (χ3v) is 6.11. The Hall–Kier alpha value is -3.24. The summed E-state index contributed by atoms with van der Waals surface area (Å²) < 4.78 is 11.7. The second kappa shape index (κ2) is 12.9. The molecule has 0 atom stereocenters. The molecule has 2 N–H and O–H groups in total. The fourth-order valence-corrected chi connectivity index (χ4v) is 4.11. The average molecular weight is 485 g/mol. The minimum atomic E-state index is -0.773. The minimum absolute atomic E-state index is 0.0534. The molecule has 0 aromatic heterocycles. The van der Waals surface area contributed by atoms with E-state index in [-0.39, 0.29) is 24.5 Å². The largest absolute Gasteiger partial charge is 0.494 e. The van der Waals surface area contributed by atoms with Gasteiger partial charge in [-0.2, -0.15) is 5.26 Å². The Bertz CT molecular complexity index is 1010. The normalized spacial score (nSPS) is 17.4. The first-order valence-corrected chi connectivity index (χ1v) is 11.9. The van der Waals surface area contributed by atoms with Crippen LogP contribution in [0.4, 0.5) is 0 Å². The molecule has 1 aliphatic rings. The fourth-order valence-electron chi connectivity index (χ4n) is 3.89. The molecule has 34 heavy (non-hydrogen) atoms. The molecule has 0 bridgehead atoms. The lowest BCUT2D eigenvalue weighted by Gasteiger charge is -2.29. The Labute approximate surface area is 204 Å². The van der Waals surface area contributed by atoms with Crippen LogP contribution in [0.15, 0.2) is 42.5 Å². The van der Waals surface area contributed by atoms with Gasteiger partial charge in [0.15, 0.2) is 0 Å². The number of amides is 1. The molecule has 0 saturated heterocycles. The number of unbranched alkanes of at least 4 members (excludes halogenated alkanes) is 2. The van der Waals surface area contributed by atoms with E-state index in [9.17, 15) is 9.59 Å². The third kappa shape index (κ3) is 7.96. The number of ether oxygens (including phenoxy) is 2. The maximum atomic E-state index is 12.6. The van der Waals surface area contributed by atoms with Gasteiger partial charge in [-0.3, -0.25) is 9.59 Å². The van der Waals surface area contributed by atoms with Gasteiger partial charge in [-0.15, -0.1) is 0 Å². The third-order valence-electron chi connectivity index (χ3n) is 5.79. The lowest BCUT2D eigenvalue weighted by molar-refractivity contribution is -0.137. The van der Waals surface area contributed by atoms with Crippen molar-refractivity contribution in [3.05, 3.63) is 58.6 Å². The van der Waals surface area contributed by atoms with Crippen LogP contribution in [-0.2, 0) is 4.79 Å². The summed E-state index contributed by atoms with van der Waals surface area (Å²) in [6.45, 7) is 0.519. The lowest BCUT2D eigenvalue weighted by atomic mass is 9.92. The molecule has 0 heterocycles. The topological polar surface area (TPSA) is 109 Å². The number of nitrogens with zero attached hydrogens (tertiary/aromatic N) is 1. The highest BCUT2D eigenvalue weighted by Gasteiger charge is 2.24. The van der Waals surface area contributed by atoms with Crippen LogP contribution in [0.3, 0.4) is 0 Å². The SMILES string of the molecule is N#Cc1ccc(O[C@H]2CC[C@H](NC(=O)c3ccc(OCCCCCC(=O)O)cc3)CC2)cc1Cl. The van der Waals surface area contributed by atoms with Gasteiger partial charge in [-0.25, -0.2) is 0 Å². The van der Waals surface area contributed by atoms with Crippen molar-refractivity contribution in [1.29, 1.82) is 5.26 Å². The van der Waals surface area contributed by atoms with Gasteiger partial charge < -0.3 is 19.9 Å². The number of carbonyl (C=O) groups is 2. The van der Waals surface area contributed by atoms with E-state index in [1.165, 1.54) is 0 Å².